The summed E-state index contributed by atoms with van der Waals surface area (Å²) in [6.07, 6.45) is 0.927. The van der Waals surface area contributed by atoms with Crippen LogP contribution in [-0.2, 0) is 19.4 Å². The van der Waals surface area contributed by atoms with Gasteiger partial charge in [-0.25, -0.2) is 8.42 Å². The fourth-order valence-electron chi connectivity index (χ4n) is 2.34. The van der Waals surface area contributed by atoms with E-state index in [1.165, 1.54) is 0 Å². The fraction of sp³-hybridized carbons (Fsp3) is 0.833. The number of alkyl halides is 2. The minimum absolute atomic E-state index is 0.00974. The molecule has 1 heterocycles. The predicted octanol–water partition coefficient (Wildman–Crippen LogP) is 0.380. The molecule has 2 aliphatic rings. The number of carbonyl (C=O) groups is 2. The van der Waals surface area contributed by atoms with Gasteiger partial charge in [-0.2, -0.15) is 0 Å². The molecule has 120 valence electrons. The second-order valence-corrected chi connectivity index (χ2v) is 9.60. The summed E-state index contributed by atoms with van der Waals surface area (Å²) in [5, 5.41) is 5.28. The third-order valence-corrected chi connectivity index (χ3v) is 6.86. The van der Waals surface area contributed by atoms with Crippen molar-refractivity contribution in [1.82, 2.24) is 10.6 Å². The highest BCUT2D eigenvalue weighted by atomic mass is 35.5. The predicted molar refractivity (Wildman–Crippen MR) is 80.0 cm³/mol. The lowest BCUT2D eigenvalue weighted by molar-refractivity contribution is -0.126. The van der Waals surface area contributed by atoms with Crippen molar-refractivity contribution in [2.45, 2.75) is 36.6 Å². The number of amides is 2. The molecule has 0 aromatic rings. The van der Waals surface area contributed by atoms with Gasteiger partial charge in [-0.15, -0.1) is 23.2 Å². The summed E-state index contributed by atoms with van der Waals surface area (Å²) in [5.74, 6) is -0.449. The van der Waals surface area contributed by atoms with Gasteiger partial charge in [0, 0.05) is 19.0 Å². The topological polar surface area (TPSA) is 92.3 Å². The van der Waals surface area contributed by atoms with Crippen molar-refractivity contribution in [2.24, 2.45) is 5.41 Å². The van der Waals surface area contributed by atoms with Crippen LogP contribution in [0.15, 0.2) is 0 Å². The SMILES string of the molecule is CC1(C(=O)NCCC(=O)NC2CCS(=O)(=O)C2)CC1(Cl)Cl. The highest BCUT2D eigenvalue weighted by molar-refractivity contribution is 7.91. The van der Waals surface area contributed by atoms with Gasteiger partial charge in [-0.05, 0) is 19.8 Å². The van der Waals surface area contributed by atoms with E-state index in [0.717, 1.165) is 0 Å². The summed E-state index contributed by atoms with van der Waals surface area (Å²) < 4.78 is 21.5. The first-order chi connectivity index (χ1) is 9.56. The van der Waals surface area contributed by atoms with E-state index in [0.29, 0.717) is 12.8 Å². The van der Waals surface area contributed by atoms with Gasteiger partial charge >= 0.3 is 0 Å². The highest BCUT2D eigenvalue weighted by Gasteiger charge is 2.67. The molecule has 21 heavy (non-hydrogen) atoms. The largest absolute Gasteiger partial charge is 0.355 e. The second-order valence-electron chi connectivity index (χ2n) is 5.89. The molecule has 2 unspecified atom stereocenters. The molecule has 9 heteroatoms. The second kappa shape index (κ2) is 5.59. The molecule has 0 spiro atoms. The Bertz CT molecular complexity index is 564. The van der Waals surface area contributed by atoms with Crippen LogP contribution in [0.25, 0.3) is 0 Å². The molecule has 1 saturated carbocycles. The Labute approximate surface area is 133 Å². The number of halogens is 2. The third-order valence-electron chi connectivity index (χ3n) is 3.99. The van der Waals surface area contributed by atoms with Crippen LogP contribution in [0.4, 0.5) is 0 Å². The first-order valence-electron chi connectivity index (χ1n) is 6.72. The Balaban J connectivity index is 1.68. The molecule has 1 aliphatic carbocycles. The van der Waals surface area contributed by atoms with Crippen molar-refractivity contribution < 1.29 is 18.0 Å². The molecule has 1 saturated heterocycles. The number of rotatable bonds is 5. The van der Waals surface area contributed by atoms with Gasteiger partial charge in [0.25, 0.3) is 0 Å². The van der Waals surface area contributed by atoms with Gasteiger partial charge in [-0.1, -0.05) is 0 Å². The lowest BCUT2D eigenvalue weighted by Crippen LogP contribution is -2.39. The molecule has 2 amide bonds. The molecule has 2 N–H and O–H groups in total. The average molecular weight is 357 g/mol. The van der Waals surface area contributed by atoms with Crippen LogP contribution in [0, 0.1) is 5.41 Å². The number of hydrogen-bond acceptors (Lipinski definition) is 4. The third kappa shape index (κ3) is 3.81. The summed E-state index contributed by atoms with van der Waals surface area (Å²) in [4.78, 5) is 23.5. The monoisotopic (exact) mass is 356 g/mol. The summed E-state index contributed by atoms with van der Waals surface area (Å²) in [5.41, 5.74) is -0.799. The van der Waals surface area contributed by atoms with Crippen molar-refractivity contribution in [3.8, 4) is 0 Å². The molecule has 2 fully saturated rings. The van der Waals surface area contributed by atoms with Gasteiger partial charge in [0.15, 0.2) is 9.84 Å². The summed E-state index contributed by atoms with van der Waals surface area (Å²) >= 11 is 11.8. The van der Waals surface area contributed by atoms with Gasteiger partial charge in [0.05, 0.1) is 16.9 Å². The lowest BCUT2D eigenvalue weighted by atomic mass is 10.1. The van der Waals surface area contributed by atoms with Crippen LogP contribution >= 0.6 is 23.2 Å². The van der Waals surface area contributed by atoms with E-state index in [1.54, 1.807) is 6.92 Å². The zero-order chi connectivity index (χ0) is 15.9. The number of hydrogen-bond donors (Lipinski definition) is 2. The lowest BCUT2D eigenvalue weighted by Gasteiger charge is -2.14. The summed E-state index contributed by atoms with van der Waals surface area (Å²) in [6.45, 7) is 1.84. The van der Waals surface area contributed by atoms with Gasteiger partial charge in [0.1, 0.15) is 4.33 Å². The molecule has 0 bridgehead atoms. The smallest absolute Gasteiger partial charge is 0.229 e. The maximum Gasteiger partial charge on any atom is 0.229 e. The Morgan fingerprint density at radius 3 is 2.43 bits per heavy atom. The van der Waals surface area contributed by atoms with Crippen LogP contribution in [0.2, 0.25) is 0 Å². The van der Waals surface area contributed by atoms with Crippen LogP contribution in [0.1, 0.15) is 26.2 Å². The van der Waals surface area contributed by atoms with Crippen molar-refractivity contribution in [2.75, 3.05) is 18.1 Å². The van der Waals surface area contributed by atoms with E-state index < -0.39 is 19.6 Å². The number of carbonyl (C=O) groups excluding carboxylic acids is 2. The summed E-state index contributed by atoms with van der Waals surface area (Å²) in [6, 6.07) is -0.322. The van der Waals surface area contributed by atoms with Crippen molar-refractivity contribution in [3.05, 3.63) is 0 Å². The quantitative estimate of drug-likeness (QED) is 0.696. The molecular formula is C12H18Cl2N2O4S. The molecule has 6 nitrogen and oxygen atoms in total. The average Bonchev–Trinajstić information content (AvgIpc) is 2.68. The van der Waals surface area contributed by atoms with Gasteiger partial charge < -0.3 is 10.6 Å². The highest BCUT2D eigenvalue weighted by Crippen LogP contribution is 2.63. The number of nitrogens with one attached hydrogen (secondary N) is 2. The Kier molecular flexibility index (Phi) is 4.48. The molecule has 0 radical (unpaired) electrons. The van der Waals surface area contributed by atoms with Crippen molar-refractivity contribution >= 4 is 44.9 Å². The van der Waals surface area contributed by atoms with E-state index in [4.69, 9.17) is 23.2 Å². The zero-order valence-electron chi connectivity index (χ0n) is 11.6. The van der Waals surface area contributed by atoms with Crippen LogP contribution in [0.5, 0.6) is 0 Å². The molecule has 2 atom stereocenters. The van der Waals surface area contributed by atoms with Crippen molar-refractivity contribution in [3.63, 3.8) is 0 Å². The maximum atomic E-state index is 11.9. The maximum absolute atomic E-state index is 11.9. The molecular weight excluding hydrogens is 339 g/mol. The molecule has 1 aliphatic heterocycles. The Hall–Kier alpha value is -0.530. The van der Waals surface area contributed by atoms with Crippen LogP contribution in [-0.4, -0.2) is 48.7 Å². The Morgan fingerprint density at radius 1 is 1.33 bits per heavy atom. The normalized spacial score (nSPS) is 32.4. The summed E-state index contributed by atoms with van der Waals surface area (Å²) in [7, 11) is -3.01. The first-order valence-corrected chi connectivity index (χ1v) is 9.29. The minimum Gasteiger partial charge on any atom is -0.355 e. The number of sulfone groups is 1. The van der Waals surface area contributed by atoms with E-state index >= 15 is 0 Å². The van der Waals surface area contributed by atoms with Gasteiger partial charge in [-0.3, -0.25) is 9.59 Å². The van der Waals surface area contributed by atoms with E-state index in [-0.39, 0.29) is 42.3 Å². The van der Waals surface area contributed by atoms with E-state index in [1.807, 2.05) is 0 Å². The van der Waals surface area contributed by atoms with Crippen LogP contribution < -0.4 is 10.6 Å². The van der Waals surface area contributed by atoms with Crippen molar-refractivity contribution in [1.29, 1.82) is 0 Å². The molecule has 0 aromatic heterocycles. The first kappa shape index (κ1) is 16.8. The van der Waals surface area contributed by atoms with Gasteiger partial charge in [0.2, 0.25) is 11.8 Å². The standard InChI is InChI=1S/C12H18Cl2N2O4S/c1-11(7-12(11,13)14)10(18)15-4-2-9(17)16-8-3-5-21(19,20)6-8/h8H,2-7H2,1H3,(H,15,18)(H,16,17). The van der Waals surface area contributed by atoms with E-state index in [9.17, 15) is 18.0 Å². The fourth-order valence-corrected chi connectivity index (χ4v) is 4.72. The minimum atomic E-state index is -3.01. The molecule has 2 rings (SSSR count). The Morgan fingerprint density at radius 2 is 1.95 bits per heavy atom. The zero-order valence-corrected chi connectivity index (χ0v) is 13.9. The van der Waals surface area contributed by atoms with Crippen LogP contribution in [0.3, 0.4) is 0 Å². The molecule has 0 aromatic carbocycles. The van der Waals surface area contributed by atoms with E-state index in [2.05, 4.69) is 10.6 Å².